The summed E-state index contributed by atoms with van der Waals surface area (Å²) in [5.41, 5.74) is 2.86. The van der Waals surface area contributed by atoms with Crippen molar-refractivity contribution in [3.8, 4) is 5.75 Å². The summed E-state index contributed by atoms with van der Waals surface area (Å²) in [5, 5.41) is 0. The molecule has 0 saturated heterocycles. The first-order valence-electron chi connectivity index (χ1n) is 5.67. The number of ether oxygens (including phenoxy) is 1. The number of halogens is 1. The third-order valence-electron chi connectivity index (χ3n) is 3.61. The molecular weight excluding hydrogens is 252 g/mol. The molecule has 1 aliphatic heterocycles. The molecule has 0 aromatic heterocycles. The highest BCUT2D eigenvalue weighted by atomic mass is 79.9. The van der Waals surface area contributed by atoms with E-state index in [0.717, 1.165) is 16.6 Å². The van der Waals surface area contributed by atoms with E-state index in [-0.39, 0.29) is 5.60 Å². The molecule has 15 heavy (non-hydrogen) atoms. The Hall–Kier alpha value is -0.500. The van der Waals surface area contributed by atoms with Gasteiger partial charge in [0.1, 0.15) is 11.4 Å². The van der Waals surface area contributed by atoms with E-state index in [0.29, 0.717) is 0 Å². The molecule has 1 aromatic rings. The van der Waals surface area contributed by atoms with Gasteiger partial charge in [-0.3, -0.25) is 0 Å². The smallest absolute Gasteiger partial charge is 0.137 e. The van der Waals surface area contributed by atoms with Crippen LogP contribution in [0, 0.1) is 6.92 Å². The Labute approximate surface area is 99.0 Å². The zero-order chi connectivity index (χ0) is 10.5. The third-order valence-corrected chi connectivity index (χ3v) is 4.20. The van der Waals surface area contributed by atoms with E-state index in [4.69, 9.17) is 4.74 Å². The summed E-state index contributed by atoms with van der Waals surface area (Å²) in [4.78, 5) is 0. The molecule has 1 spiro atoms. The van der Waals surface area contributed by atoms with Gasteiger partial charge in [-0.15, -0.1) is 0 Å². The average molecular weight is 267 g/mol. The SMILES string of the molecule is Cc1cc(Br)c2c(c1)CC1(CCCC1)O2. The summed E-state index contributed by atoms with van der Waals surface area (Å²) in [6.45, 7) is 2.14. The van der Waals surface area contributed by atoms with Crippen molar-refractivity contribution in [2.24, 2.45) is 0 Å². The Morgan fingerprint density at radius 2 is 2.00 bits per heavy atom. The normalized spacial score (nSPS) is 21.7. The number of benzene rings is 1. The Balaban J connectivity index is 2.02. The molecule has 3 rings (SSSR count). The number of fused-ring (bicyclic) bond motifs is 1. The number of rotatable bonds is 0. The van der Waals surface area contributed by atoms with E-state index < -0.39 is 0 Å². The second-order valence-electron chi connectivity index (χ2n) is 4.90. The van der Waals surface area contributed by atoms with Gasteiger partial charge in [0.25, 0.3) is 0 Å². The van der Waals surface area contributed by atoms with Crippen molar-refractivity contribution in [1.29, 1.82) is 0 Å². The molecular formula is C13H15BrO. The van der Waals surface area contributed by atoms with Crippen molar-refractivity contribution in [3.63, 3.8) is 0 Å². The second kappa shape index (κ2) is 3.24. The lowest BCUT2D eigenvalue weighted by Gasteiger charge is -2.22. The van der Waals surface area contributed by atoms with Crippen LogP contribution in [0.2, 0.25) is 0 Å². The van der Waals surface area contributed by atoms with Crippen LogP contribution in [0.5, 0.6) is 5.75 Å². The summed E-state index contributed by atoms with van der Waals surface area (Å²) in [6, 6.07) is 4.42. The molecule has 0 atom stereocenters. The lowest BCUT2D eigenvalue weighted by molar-refractivity contribution is 0.102. The third kappa shape index (κ3) is 1.50. The molecule has 0 unspecified atom stereocenters. The molecule has 2 aliphatic rings. The van der Waals surface area contributed by atoms with Gasteiger partial charge in [0.2, 0.25) is 0 Å². The fraction of sp³-hybridized carbons (Fsp3) is 0.538. The molecule has 1 aliphatic carbocycles. The van der Waals surface area contributed by atoms with Gasteiger partial charge in [-0.2, -0.15) is 0 Å². The number of hydrogen-bond donors (Lipinski definition) is 0. The second-order valence-corrected chi connectivity index (χ2v) is 5.76. The topological polar surface area (TPSA) is 9.23 Å². The number of hydrogen-bond acceptors (Lipinski definition) is 1. The minimum absolute atomic E-state index is 0.151. The molecule has 0 N–H and O–H groups in total. The predicted octanol–water partition coefficient (Wildman–Crippen LogP) is 4.01. The summed E-state index contributed by atoms with van der Waals surface area (Å²) in [5.74, 6) is 1.10. The van der Waals surface area contributed by atoms with E-state index >= 15 is 0 Å². The van der Waals surface area contributed by atoms with Crippen molar-refractivity contribution in [3.05, 3.63) is 27.7 Å². The predicted molar refractivity (Wildman–Crippen MR) is 64.4 cm³/mol. The van der Waals surface area contributed by atoms with Crippen LogP contribution in [0.1, 0.15) is 36.8 Å². The summed E-state index contributed by atoms with van der Waals surface area (Å²) in [6.07, 6.45) is 6.22. The molecule has 1 saturated carbocycles. The van der Waals surface area contributed by atoms with Crippen LogP contribution in [0.4, 0.5) is 0 Å². The molecule has 1 heterocycles. The Morgan fingerprint density at radius 3 is 2.73 bits per heavy atom. The maximum Gasteiger partial charge on any atom is 0.137 e. The van der Waals surface area contributed by atoms with Crippen molar-refractivity contribution >= 4 is 15.9 Å². The molecule has 1 fully saturated rings. The monoisotopic (exact) mass is 266 g/mol. The van der Waals surface area contributed by atoms with Crippen LogP contribution in [-0.4, -0.2) is 5.60 Å². The maximum atomic E-state index is 6.19. The van der Waals surface area contributed by atoms with E-state index in [9.17, 15) is 0 Å². The average Bonchev–Trinajstić information content (AvgIpc) is 2.74. The first-order valence-corrected chi connectivity index (χ1v) is 6.46. The molecule has 1 nitrogen and oxygen atoms in total. The molecule has 0 bridgehead atoms. The summed E-state index contributed by atoms with van der Waals surface area (Å²) in [7, 11) is 0. The highest BCUT2D eigenvalue weighted by molar-refractivity contribution is 9.10. The van der Waals surface area contributed by atoms with Crippen LogP contribution in [-0.2, 0) is 6.42 Å². The first-order chi connectivity index (χ1) is 7.19. The standard InChI is InChI=1S/C13H15BrO/c1-9-6-10-8-13(4-2-3-5-13)15-12(10)11(14)7-9/h6-7H,2-5,8H2,1H3. The highest BCUT2D eigenvalue weighted by Crippen LogP contribution is 2.47. The van der Waals surface area contributed by atoms with E-state index in [1.165, 1.54) is 36.8 Å². The zero-order valence-electron chi connectivity index (χ0n) is 8.98. The van der Waals surface area contributed by atoms with E-state index in [2.05, 4.69) is 35.0 Å². The van der Waals surface area contributed by atoms with Crippen molar-refractivity contribution in [1.82, 2.24) is 0 Å². The van der Waals surface area contributed by atoms with Crippen molar-refractivity contribution < 1.29 is 4.74 Å². The van der Waals surface area contributed by atoms with Crippen LogP contribution in [0.3, 0.4) is 0 Å². The lowest BCUT2D eigenvalue weighted by atomic mass is 9.95. The van der Waals surface area contributed by atoms with Gasteiger partial charge in [0.15, 0.2) is 0 Å². The molecule has 0 radical (unpaired) electrons. The maximum absolute atomic E-state index is 6.19. The molecule has 2 heteroatoms. The molecule has 0 amide bonds. The number of aryl methyl sites for hydroxylation is 1. The Morgan fingerprint density at radius 1 is 1.27 bits per heavy atom. The lowest BCUT2D eigenvalue weighted by Crippen LogP contribution is -2.29. The van der Waals surface area contributed by atoms with Crippen LogP contribution in [0.25, 0.3) is 0 Å². The minimum Gasteiger partial charge on any atom is -0.485 e. The minimum atomic E-state index is 0.151. The van der Waals surface area contributed by atoms with Gasteiger partial charge in [-0.25, -0.2) is 0 Å². The summed E-state index contributed by atoms with van der Waals surface area (Å²) >= 11 is 3.60. The van der Waals surface area contributed by atoms with Crippen LogP contribution in [0.15, 0.2) is 16.6 Å². The Bertz CT molecular complexity index is 405. The zero-order valence-corrected chi connectivity index (χ0v) is 10.6. The fourth-order valence-corrected chi connectivity index (χ4v) is 3.64. The van der Waals surface area contributed by atoms with E-state index in [1.807, 2.05) is 0 Å². The van der Waals surface area contributed by atoms with Crippen molar-refractivity contribution in [2.75, 3.05) is 0 Å². The quantitative estimate of drug-likeness (QED) is 0.690. The van der Waals surface area contributed by atoms with Gasteiger partial charge >= 0.3 is 0 Å². The van der Waals surface area contributed by atoms with Gasteiger partial charge < -0.3 is 4.74 Å². The molecule has 1 aromatic carbocycles. The van der Waals surface area contributed by atoms with Gasteiger partial charge in [-0.05, 0) is 65.7 Å². The van der Waals surface area contributed by atoms with Crippen LogP contribution >= 0.6 is 15.9 Å². The molecule has 80 valence electrons. The van der Waals surface area contributed by atoms with Gasteiger partial charge in [-0.1, -0.05) is 6.07 Å². The van der Waals surface area contributed by atoms with Crippen molar-refractivity contribution in [2.45, 2.75) is 44.6 Å². The highest BCUT2D eigenvalue weighted by Gasteiger charge is 2.42. The first kappa shape index (κ1) is 9.71. The van der Waals surface area contributed by atoms with E-state index in [1.54, 1.807) is 0 Å². The van der Waals surface area contributed by atoms with Crippen LogP contribution < -0.4 is 4.74 Å². The van der Waals surface area contributed by atoms with Gasteiger partial charge in [0.05, 0.1) is 4.47 Å². The largest absolute Gasteiger partial charge is 0.485 e. The van der Waals surface area contributed by atoms with Gasteiger partial charge in [0, 0.05) is 6.42 Å². The Kier molecular flexibility index (Phi) is 2.10. The summed E-state index contributed by atoms with van der Waals surface area (Å²) < 4.78 is 7.32. The fourth-order valence-electron chi connectivity index (χ4n) is 2.94.